The lowest BCUT2D eigenvalue weighted by Crippen LogP contribution is -2.44. The van der Waals surface area contributed by atoms with Crippen LogP contribution in [0.4, 0.5) is 10.2 Å². The normalized spacial score (nSPS) is 15.1. The quantitative estimate of drug-likeness (QED) is 0.412. The van der Waals surface area contributed by atoms with Gasteiger partial charge in [0.1, 0.15) is 17.5 Å². The molecule has 4 heterocycles. The Morgan fingerprint density at radius 2 is 1.85 bits per heavy atom. The molecule has 5 rings (SSSR count). The molecule has 170 valence electrons. The van der Waals surface area contributed by atoms with Crippen molar-refractivity contribution in [3.05, 3.63) is 64.3 Å². The Kier molecular flexibility index (Phi) is 6.05. The van der Waals surface area contributed by atoms with E-state index < -0.39 is 6.10 Å². The smallest absolute Gasteiger partial charge is 0.166 e. The highest BCUT2D eigenvalue weighted by molar-refractivity contribution is 6.35. The van der Waals surface area contributed by atoms with Gasteiger partial charge in [0.15, 0.2) is 11.6 Å². The number of piperazine rings is 1. The molecule has 1 aliphatic rings. The van der Waals surface area contributed by atoms with Crippen molar-refractivity contribution < 1.29 is 9.13 Å². The van der Waals surface area contributed by atoms with Crippen LogP contribution in [0.25, 0.3) is 22.2 Å². The van der Waals surface area contributed by atoms with Crippen molar-refractivity contribution in [3.63, 3.8) is 0 Å². The highest BCUT2D eigenvalue weighted by Crippen LogP contribution is 2.35. The van der Waals surface area contributed by atoms with Crippen molar-refractivity contribution in [1.82, 2.24) is 25.5 Å². The highest BCUT2D eigenvalue weighted by Gasteiger charge is 2.19. The zero-order chi connectivity index (χ0) is 22.9. The Hall–Kier alpha value is -2.94. The Morgan fingerprint density at radius 1 is 1.09 bits per heavy atom. The van der Waals surface area contributed by atoms with Gasteiger partial charge in [0.05, 0.1) is 15.6 Å². The van der Waals surface area contributed by atoms with Gasteiger partial charge in [-0.3, -0.25) is 10.1 Å². The SMILES string of the molecule is CC(Oc1ccc2[nH]nc(-c3cnc(N4CCNCC4)c(F)c3)c2c1)c1c(Cl)cncc1Cl. The standard InChI is InChI=1S/C23H21Cl2FN6O/c1-13(21-17(24)11-28-12-18(21)25)33-15-2-3-20-16(9-15)22(31-30-20)14-8-19(26)23(29-10-14)32-6-4-27-5-7-32/h2-3,8-13,27H,4-7H2,1H3,(H,30,31). The van der Waals surface area contributed by atoms with Crippen molar-refractivity contribution >= 4 is 39.9 Å². The third kappa shape index (κ3) is 4.34. The molecule has 0 bridgehead atoms. The molecule has 1 unspecified atom stereocenters. The van der Waals surface area contributed by atoms with E-state index in [-0.39, 0.29) is 5.82 Å². The number of H-pyrrole nitrogens is 1. The van der Waals surface area contributed by atoms with Crippen LogP contribution in [-0.2, 0) is 0 Å². The van der Waals surface area contributed by atoms with Crippen LogP contribution in [0.3, 0.4) is 0 Å². The average molecular weight is 487 g/mol. The number of nitrogens with one attached hydrogen (secondary N) is 2. The van der Waals surface area contributed by atoms with Crippen molar-refractivity contribution in [2.75, 3.05) is 31.1 Å². The fourth-order valence-electron chi connectivity index (χ4n) is 4.03. The summed E-state index contributed by atoms with van der Waals surface area (Å²) in [5.74, 6) is 0.602. The van der Waals surface area contributed by atoms with Crippen molar-refractivity contribution in [1.29, 1.82) is 0 Å². The van der Waals surface area contributed by atoms with E-state index in [0.29, 0.717) is 38.4 Å². The molecule has 0 spiro atoms. The molecular formula is C23H21Cl2FN6O. The van der Waals surface area contributed by atoms with E-state index in [4.69, 9.17) is 27.9 Å². The lowest BCUT2D eigenvalue weighted by Gasteiger charge is -2.28. The number of fused-ring (bicyclic) bond motifs is 1. The summed E-state index contributed by atoms with van der Waals surface area (Å²) in [6.45, 7) is 4.92. The molecule has 0 radical (unpaired) electrons. The summed E-state index contributed by atoms with van der Waals surface area (Å²) >= 11 is 12.5. The number of hydrogen-bond donors (Lipinski definition) is 2. The molecule has 1 atom stereocenters. The van der Waals surface area contributed by atoms with Crippen molar-refractivity contribution in [3.8, 4) is 17.0 Å². The third-order valence-corrected chi connectivity index (χ3v) is 6.26. The van der Waals surface area contributed by atoms with Gasteiger partial charge in [-0.2, -0.15) is 5.10 Å². The lowest BCUT2D eigenvalue weighted by molar-refractivity contribution is 0.227. The first-order valence-electron chi connectivity index (χ1n) is 10.6. The van der Waals surface area contributed by atoms with Crippen molar-refractivity contribution in [2.24, 2.45) is 0 Å². The van der Waals surface area contributed by atoms with E-state index in [1.54, 1.807) is 6.20 Å². The number of nitrogens with zero attached hydrogens (tertiary/aromatic N) is 4. The maximum Gasteiger partial charge on any atom is 0.166 e. The molecule has 4 aromatic rings. The lowest BCUT2D eigenvalue weighted by atomic mass is 10.1. The number of hydrogen-bond acceptors (Lipinski definition) is 6. The molecule has 10 heteroatoms. The second kappa shape index (κ2) is 9.13. The largest absolute Gasteiger partial charge is 0.486 e. The molecule has 1 aliphatic heterocycles. The molecular weight excluding hydrogens is 466 g/mol. The van der Waals surface area contributed by atoms with E-state index in [9.17, 15) is 4.39 Å². The number of aromatic nitrogens is 4. The fourth-order valence-corrected chi connectivity index (χ4v) is 4.70. The monoisotopic (exact) mass is 486 g/mol. The van der Waals surface area contributed by atoms with Gasteiger partial charge in [0, 0.05) is 61.3 Å². The van der Waals surface area contributed by atoms with E-state index in [1.165, 1.54) is 18.5 Å². The van der Waals surface area contributed by atoms with Gasteiger partial charge in [-0.15, -0.1) is 0 Å². The first kappa shape index (κ1) is 21.9. The van der Waals surface area contributed by atoms with Crippen LogP contribution in [0.5, 0.6) is 5.75 Å². The maximum absolute atomic E-state index is 14.9. The van der Waals surface area contributed by atoms with Crippen LogP contribution in [0.15, 0.2) is 42.9 Å². The second-order valence-corrected chi connectivity index (χ2v) is 8.64. The number of anilines is 1. The zero-order valence-electron chi connectivity index (χ0n) is 17.8. The van der Waals surface area contributed by atoms with Gasteiger partial charge in [-0.05, 0) is 31.2 Å². The zero-order valence-corrected chi connectivity index (χ0v) is 19.3. The van der Waals surface area contributed by atoms with Crippen LogP contribution in [0.2, 0.25) is 10.0 Å². The highest BCUT2D eigenvalue weighted by atomic mass is 35.5. The molecule has 0 aliphatic carbocycles. The Bertz CT molecular complexity index is 1290. The number of halogens is 3. The van der Waals surface area contributed by atoms with E-state index in [1.807, 2.05) is 30.0 Å². The summed E-state index contributed by atoms with van der Waals surface area (Å²) in [5, 5.41) is 12.3. The summed E-state index contributed by atoms with van der Waals surface area (Å²) in [5.41, 5.74) is 2.65. The summed E-state index contributed by atoms with van der Waals surface area (Å²) in [4.78, 5) is 10.3. The second-order valence-electron chi connectivity index (χ2n) is 7.82. The Morgan fingerprint density at radius 3 is 2.58 bits per heavy atom. The Balaban J connectivity index is 1.44. The first-order chi connectivity index (χ1) is 16.0. The van der Waals surface area contributed by atoms with Crippen LogP contribution in [-0.4, -0.2) is 46.3 Å². The Labute approximate surface area is 199 Å². The summed E-state index contributed by atoms with van der Waals surface area (Å²) in [6, 6.07) is 7.03. The van der Waals surface area contributed by atoms with Crippen LogP contribution in [0, 0.1) is 5.82 Å². The summed E-state index contributed by atoms with van der Waals surface area (Å²) < 4.78 is 21.0. The molecule has 0 amide bonds. The minimum atomic E-state index is -0.404. The van der Waals surface area contributed by atoms with E-state index in [0.717, 1.165) is 37.1 Å². The molecule has 1 fully saturated rings. The molecule has 1 saturated heterocycles. The summed E-state index contributed by atoms with van der Waals surface area (Å²) in [7, 11) is 0. The van der Waals surface area contributed by atoms with Gasteiger partial charge < -0.3 is 15.0 Å². The van der Waals surface area contributed by atoms with Crippen LogP contribution >= 0.6 is 23.2 Å². The first-order valence-corrected chi connectivity index (χ1v) is 11.3. The van der Waals surface area contributed by atoms with Crippen LogP contribution in [0.1, 0.15) is 18.6 Å². The average Bonchev–Trinajstić information content (AvgIpc) is 3.23. The molecule has 7 nitrogen and oxygen atoms in total. The molecule has 1 aromatic carbocycles. The fraction of sp³-hybridized carbons (Fsp3) is 0.261. The molecule has 0 saturated carbocycles. The third-order valence-electron chi connectivity index (χ3n) is 5.66. The number of rotatable bonds is 5. The van der Waals surface area contributed by atoms with Gasteiger partial charge in [0.25, 0.3) is 0 Å². The number of aromatic amines is 1. The molecule has 2 N–H and O–H groups in total. The van der Waals surface area contributed by atoms with Gasteiger partial charge >= 0.3 is 0 Å². The minimum Gasteiger partial charge on any atom is -0.486 e. The molecule has 3 aromatic heterocycles. The van der Waals surface area contributed by atoms with Crippen LogP contribution < -0.4 is 15.0 Å². The van der Waals surface area contributed by atoms with Gasteiger partial charge in [-0.25, -0.2) is 9.37 Å². The van der Waals surface area contributed by atoms with E-state index in [2.05, 4.69) is 25.5 Å². The van der Waals surface area contributed by atoms with E-state index >= 15 is 0 Å². The predicted octanol–water partition coefficient (Wildman–Crippen LogP) is 5.02. The minimum absolute atomic E-state index is 0.365. The summed E-state index contributed by atoms with van der Waals surface area (Å²) in [6.07, 6.45) is 4.32. The van der Waals surface area contributed by atoms with Gasteiger partial charge in [0.2, 0.25) is 0 Å². The number of pyridine rings is 2. The predicted molar refractivity (Wildman–Crippen MR) is 128 cm³/mol. The van der Waals surface area contributed by atoms with Crippen molar-refractivity contribution in [2.45, 2.75) is 13.0 Å². The topological polar surface area (TPSA) is 79.0 Å². The molecule has 33 heavy (non-hydrogen) atoms. The van der Waals surface area contributed by atoms with Gasteiger partial charge in [-0.1, -0.05) is 23.2 Å². The number of benzene rings is 1. The number of ether oxygens (including phenoxy) is 1. The maximum atomic E-state index is 14.9.